The third kappa shape index (κ3) is 4.02. The molecule has 134 valence electrons. The number of para-hydroxylation sites is 2. The zero-order valence-electron chi connectivity index (χ0n) is 14.7. The molecule has 6 heteroatoms. The van der Waals surface area contributed by atoms with Crippen molar-refractivity contribution in [1.29, 1.82) is 0 Å². The van der Waals surface area contributed by atoms with E-state index in [-0.39, 0.29) is 0 Å². The lowest BCUT2D eigenvalue weighted by Gasteiger charge is -2.08. The van der Waals surface area contributed by atoms with Gasteiger partial charge in [0.2, 0.25) is 0 Å². The molecule has 3 aromatic rings. The molecule has 1 atom stereocenters. The van der Waals surface area contributed by atoms with Gasteiger partial charge in [0.05, 0.1) is 15.9 Å². The zero-order valence-corrected chi connectivity index (χ0v) is 16.4. The molecular formula is C20H22N4S2. The van der Waals surface area contributed by atoms with Crippen molar-refractivity contribution in [3.8, 4) is 0 Å². The van der Waals surface area contributed by atoms with E-state index < -0.39 is 0 Å². The molecule has 2 N–H and O–H groups in total. The lowest BCUT2D eigenvalue weighted by atomic mass is 10.1. The average molecular weight is 383 g/mol. The summed E-state index contributed by atoms with van der Waals surface area (Å²) >= 11 is 3.52. The largest absolute Gasteiger partial charge is 0.361 e. The molecule has 0 unspecified atom stereocenters. The Morgan fingerprint density at radius 1 is 1.19 bits per heavy atom. The second kappa shape index (κ2) is 8.10. The molecule has 2 heterocycles. The Kier molecular flexibility index (Phi) is 5.41. The van der Waals surface area contributed by atoms with Crippen LogP contribution < -0.4 is 10.6 Å². The summed E-state index contributed by atoms with van der Waals surface area (Å²) in [4.78, 5) is 9.48. The molecule has 2 aromatic carbocycles. The fourth-order valence-electron chi connectivity index (χ4n) is 2.91. The summed E-state index contributed by atoms with van der Waals surface area (Å²) in [6, 6.07) is 17.2. The van der Waals surface area contributed by atoms with E-state index in [0.717, 1.165) is 46.6 Å². The second-order valence-electron chi connectivity index (χ2n) is 6.27. The number of aliphatic imine (C=N–C) groups is 1. The summed E-state index contributed by atoms with van der Waals surface area (Å²) in [6.45, 7) is 3.06. The van der Waals surface area contributed by atoms with Crippen molar-refractivity contribution in [2.24, 2.45) is 4.99 Å². The van der Waals surface area contributed by atoms with E-state index in [1.807, 2.05) is 17.8 Å². The van der Waals surface area contributed by atoms with E-state index in [1.165, 1.54) is 10.3 Å². The highest BCUT2D eigenvalue weighted by molar-refractivity contribution is 8.14. The lowest BCUT2D eigenvalue weighted by Crippen LogP contribution is -2.25. The van der Waals surface area contributed by atoms with Gasteiger partial charge in [-0.1, -0.05) is 60.4 Å². The van der Waals surface area contributed by atoms with E-state index in [0.29, 0.717) is 6.04 Å². The van der Waals surface area contributed by atoms with Gasteiger partial charge in [-0.15, -0.1) is 0 Å². The van der Waals surface area contributed by atoms with Crippen LogP contribution in [0, 0.1) is 0 Å². The number of rotatable bonds is 6. The van der Waals surface area contributed by atoms with Gasteiger partial charge in [0.15, 0.2) is 10.3 Å². The van der Waals surface area contributed by atoms with Crippen LogP contribution >= 0.6 is 23.1 Å². The smallest absolute Gasteiger partial charge is 0.183 e. The molecule has 1 aliphatic rings. The topological polar surface area (TPSA) is 49.3 Å². The van der Waals surface area contributed by atoms with E-state index in [2.05, 4.69) is 65.0 Å². The number of aromatic nitrogens is 1. The van der Waals surface area contributed by atoms with E-state index in [9.17, 15) is 0 Å². The predicted octanol–water partition coefficient (Wildman–Crippen LogP) is 5.05. The minimum Gasteiger partial charge on any atom is -0.361 e. The number of hydrogen-bond donors (Lipinski definition) is 2. The first-order valence-electron chi connectivity index (χ1n) is 8.97. The van der Waals surface area contributed by atoms with Crippen molar-refractivity contribution >= 4 is 49.3 Å². The first kappa shape index (κ1) is 17.4. The van der Waals surface area contributed by atoms with Crippen LogP contribution in [0.2, 0.25) is 0 Å². The molecule has 26 heavy (non-hydrogen) atoms. The molecule has 0 spiro atoms. The van der Waals surface area contributed by atoms with Gasteiger partial charge < -0.3 is 10.6 Å². The SMILES string of the molecule is CC[C@@H]1CS/C(=N/c2ccccc2CCNc2nc3ccccc3s2)N1. The molecule has 0 bridgehead atoms. The number of nitrogens with zero attached hydrogens (tertiary/aromatic N) is 2. The average Bonchev–Trinajstić information content (AvgIpc) is 3.29. The Morgan fingerprint density at radius 3 is 2.88 bits per heavy atom. The van der Waals surface area contributed by atoms with Crippen LogP contribution in [-0.4, -0.2) is 28.5 Å². The first-order valence-corrected chi connectivity index (χ1v) is 10.8. The summed E-state index contributed by atoms with van der Waals surface area (Å²) in [7, 11) is 0. The summed E-state index contributed by atoms with van der Waals surface area (Å²) in [5.74, 6) is 1.11. The van der Waals surface area contributed by atoms with Crippen molar-refractivity contribution < 1.29 is 0 Å². The zero-order chi connectivity index (χ0) is 17.8. The fraction of sp³-hybridized carbons (Fsp3) is 0.300. The first-order chi connectivity index (χ1) is 12.8. The molecule has 0 radical (unpaired) electrons. The Morgan fingerprint density at radius 2 is 2.04 bits per heavy atom. The molecule has 0 amide bonds. The maximum atomic E-state index is 4.84. The van der Waals surface area contributed by atoms with Crippen LogP contribution in [-0.2, 0) is 6.42 Å². The van der Waals surface area contributed by atoms with Gasteiger partial charge in [0.1, 0.15) is 0 Å². The van der Waals surface area contributed by atoms with Gasteiger partial charge in [-0.25, -0.2) is 9.98 Å². The minimum absolute atomic E-state index is 0.548. The number of hydrogen-bond acceptors (Lipinski definition) is 5. The van der Waals surface area contributed by atoms with Crippen LogP contribution in [0.15, 0.2) is 53.5 Å². The monoisotopic (exact) mass is 382 g/mol. The van der Waals surface area contributed by atoms with Crippen LogP contribution in [0.5, 0.6) is 0 Å². The Hall–Kier alpha value is -2.05. The van der Waals surface area contributed by atoms with Gasteiger partial charge in [-0.3, -0.25) is 0 Å². The van der Waals surface area contributed by atoms with Crippen LogP contribution in [0.25, 0.3) is 10.2 Å². The van der Waals surface area contributed by atoms with Crippen molar-refractivity contribution in [2.45, 2.75) is 25.8 Å². The Balaban J connectivity index is 1.41. The van der Waals surface area contributed by atoms with Gasteiger partial charge in [-0.05, 0) is 36.6 Å². The van der Waals surface area contributed by atoms with Gasteiger partial charge in [0.25, 0.3) is 0 Å². The molecule has 1 fully saturated rings. The number of thiazole rings is 1. The molecule has 1 saturated heterocycles. The normalized spacial score (nSPS) is 18.3. The summed E-state index contributed by atoms with van der Waals surface area (Å²) in [5, 5.41) is 8.99. The highest BCUT2D eigenvalue weighted by Gasteiger charge is 2.18. The van der Waals surface area contributed by atoms with Crippen molar-refractivity contribution in [3.05, 3.63) is 54.1 Å². The van der Waals surface area contributed by atoms with Gasteiger partial charge >= 0.3 is 0 Å². The molecule has 0 aliphatic carbocycles. The highest BCUT2D eigenvalue weighted by atomic mass is 32.2. The third-order valence-electron chi connectivity index (χ3n) is 4.42. The lowest BCUT2D eigenvalue weighted by molar-refractivity contribution is 0.668. The maximum absolute atomic E-state index is 4.84. The quantitative estimate of drug-likeness (QED) is 0.626. The molecule has 4 nitrogen and oxygen atoms in total. The van der Waals surface area contributed by atoms with Crippen LogP contribution in [0.1, 0.15) is 18.9 Å². The fourth-order valence-corrected chi connectivity index (χ4v) is 4.90. The van der Waals surface area contributed by atoms with Gasteiger partial charge in [0, 0.05) is 18.3 Å². The second-order valence-corrected chi connectivity index (χ2v) is 8.31. The summed E-state index contributed by atoms with van der Waals surface area (Å²) in [5.41, 5.74) is 3.38. The van der Waals surface area contributed by atoms with E-state index in [4.69, 9.17) is 4.99 Å². The standard InChI is InChI=1S/C20H22N4S2/c1-2-15-13-25-20(22-15)23-16-8-4-3-7-14(16)11-12-21-19-24-17-9-5-6-10-18(17)26-19/h3-10,15H,2,11-13H2,1H3,(H,21,24)(H,22,23)/t15-/m1/s1. The molecule has 0 saturated carbocycles. The van der Waals surface area contributed by atoms with Crippen LogP contribution in [0.3, 0.4) is 0 Å². The van der Waals surface area contributed by atoms with Crippen molar-refractivity contribution in [3.63, 3.8) is 0 Å². The number of benzene rings is 2. The highest BCUT2D eigenvalue weighted by Crippen LogP contribution is 2.26. The number of fused-ring (bicyclic) bond motifs is 1. The predicted molar refractivity (Wildman–Crippen MR) is 115 cm³/mol. The molecule has 4 rings (SSSR count). The number of nitrogens with one attached hydrogen (secondary N) is 2. The maximum Gasteiger partial charge on any atom is 0.183 e. The van der Waals surface area contributed by atoms with Crippen molar-refractivity contribution in [2.75, 3.05) is 17.6 Å². The third-order valence-corrected chi connectivity index (χ3v) is 6.47. The van der Waals surface area contributed by atoms with Crippen molar-refractivity contribution in [1.82, 2.24) is 10.3 Å². The van der Waals surface area contributed by atoms with Gasteiger partial charge in [-0.2, -0.15) is 0 Å². The molecule has 1 aliphatic heterocycles. The summed E-state index contributed by atoms with van der Waals surface area (Å²) < 4.78 is 1.22. The van der Waals surface area contributed by atoms with Crippen LogP contribution in [0.4, 0.5) is 10.8 Å². The number of anilines is 1. The summed E-state index contributed by atoms with van der Waals surface area (Å²) in [6.07, 6.45) is 2.06. The number of amidine groups is 1. The number of thioether (sulfide) groups is 1. The van der Waals surface area contributed by atoms with E-state index in [1.54, 1.807) is 11.3 Å². The Bertz CT molecular complexity index is 886. The molecule has 1 aromatic heterocycles. The Labute approximate surface area is 162 Å². The molecular weight excluding hydrogens is 360 g/mol. The minimum atomic E-state index is 0.548. The van der Waals surface area contributed by atoms with E-state index >= 15 is 0 Å².